The zero-order chi connectivity index (χ0) is 9.42. The minimum absolute atomic E-state index is 0.131. The number of hydrogen-bond donors (Lipinski definition) is 2. The summed E-state index contributed by atoms with van der Waals surface area (Å²) in [6.07, 6.45) is 1.72. The molecule has 0 saturated carbocycles. The molecule has 0 amide bonds. The second kappa shape index (κ2) is 2.85. The van der Waals surface area contributed by atoms with Crippen LogP contribution in [0.4, 0.5) is 4.39 Å². The largest absolute Gasteiger partial charge is 0.359 e. The van der Waals surface area contributed by atoms with Crippen molar-refractivity contribution in [2.75, 3.05) is 0 Å². The summed E-state index contributed by atoms with van der Waals surface area (Å²) in [5.41, 5.74) is 7.03. The molecule has 0 bridgehead atoms. The summed E-state index contributed by atoms with van der Waals surface area (Å²) in [6, 6.07) is 5.08. The summed E-state index contributed by atoms with van der Waals surface area (Å²) in [4.78, 5) is 2.84. The first-order valence-corrected chi connectivity index (χ1v) is 4.20. The third-order valence-corrected chi connectivity index (χ3v) is 2.16. The number of H-pyrrole nitrogens is 1. The van der Waals surface area contributed by atoms with E-state index in [1.165, 1.54) is 6.07 Å². The summed E-state index contributed by atoms with van der Waals surface area (Å²) >= 11 is 0. The summed E-state index contributed by atoms with van der Waals surface area (Å²) in [6.45, 7) is 1.84. The number of nitrogens with two attached hydrogens (primary N) is 1. The quantitative estimate of drug-likeness (QED) is 0.691. The van der Waals surface area contributed by atoms with Crippen LogP contribution in [0.25, 0.3) is 10.9 Å². The number of halogens is 1. The van der Waals surface area contributed by atoms with Gasteiger partial charge in [0, 0.05) is 17.6 Å². The van der Waals surface area contributed by atoms with E-state index in [4.69, 9.17) is 5.73 Å². The van der Waals surface area contributed by atoms with E-state index < -0.39 is 0 Å². The second-order valence-electron chi connectivity index (χ2n) is 3.23. The molecular weight excluding hydrogens is 167 g/mol. The highest BCUT2D eigenvalue weighted by atomic mass is 19.1. The molecule has 0 aliphatic heterocycles. The molecule has 2 nitrogen and oxygen atoms in total. The van der Waals surface area contributed by atoms with Gasteiger partial charge in [-0.25, -0.2) is 4.39 Å². The van der Waals surface area contributed by atoms with Gasteiger partial charge in [0.05, 0.1) is 5.52 Å². The fraction of sp³-hybridized carbons (Fsp3) is 0.200. The van der Waals surface area contributed by atoms with E-state index in [2.05, 4.69) is 4.98 Å². The van der Waals surface area contributed by atoms with Crippen molar-refractivity contribution in [1.29, 1.82) is 0 Å². The van der Waals surface area contributed by atoms with Crippen molar-refractivity contribution in [3.8, 4) is 0 Å². The van der Waals surface area contributed by atoms with Gasteiger partial charge in [0.25, 0.3) is 0 Å². The average Bonchev–Trinajstić information content (AvgIpc) is 2.51. The molecule has 0 unspecified atom stereocenters. The van der Waals surface area contributed by atoms with Crippen LogP contribution in [0.2, 0.25) is 0 Å². The second-order valence-corrected chi connectivity index (χ2v) is 3.23. The van der Waals surface area contributed by atoms with E-state index in [9.17, 15) is 4.39 Å². The molecule has 3 N–H and O–H groups in total. The van der Waals surface area contributed by atoms with Crippen LogP contribution in [0.5, 0.6) is 0 Å². The summed E-state index contributed by atoms with van der Waals surface area (Å²) < 4.78 is 13.4. The minimum Gasteiger partial charge on any atom is -0.359 e. The van der Waals surface area contributed by atoms with Crippen molar-refractivity contribution >= 4 is 10.9 Å². The zero-order valence-corrected chi connectivity index (χ0v) is 7.34. The van der Waals surface area contributed by atoms with Gasteiger partial charge < -0.3 is 10.7 Å². The Hall–Kier alpha value is -1.35. The lowest BCUT2D eigenvalue weighted by molar-refractivity contribution is 0.632. The lowest BCUT2D eigenvalue weighted by Crippen LogP contribution is -2.05. The van der Waals surface area contributed by atoms with Gasteiger partial charge in [-0.15, -0.1) is 0 Å². The molecule has 13 heavy (non-hydrogen) atoms. The Bertz CT molecular complexity index is 431. The maximum Gasteiger partial charge on any atom is 0.147 e. The summed E-state index contributed by atoms with van der Waals surface area (Å²) in [7, 11) is 0. The summed E-state index contributed by atoms with van der Waals surface area (Å²) in [5.74, 6) is -0.241. The smallest absolute Gasteiger partial charge is 0.147 e. The lowest BCUT2D eigenvalue weighted by atomic mass is 10.1. The first kappa shape index (κ1) is 8.26. The molecule has 1 heterocycles. The van der Waals surface area contributed by atoms with Gasteiger partial charge in [0.1, 0.15) is 5.82 Å². The Labute approximate surface area is 75.6 Å². The molecule has 0 saturated heterocycles. The Morgan fingerprint density at radius 1 is 1.46 bits per heavy atom. The fourth-order valence-corrected chi connectivity index (χ4v) is 1.41. The van der Waals surface area contributed by atoms with Crippen LogP contribution in [0.15, 0.2) is 24.4 Å². The number of rotatable bonds is 1. The monoisotopic (exact) mass is 178 g/mol. The molecule has 0 radical (unpaired) electrons. The molecule has 0 fully saturated rings. The number of nitrogens with one attached hydrogen (secondary N) is 1. The normalized spacial score (nSPS) is 13.5. The lowest BCUT2D eigenvalue weighted by Gasteiger charge is -2.05. The molecule has 3 heteroatoms. The van der Waals surface area contributed by atoms with Gasteiger partial charge in [-0.3, -0.25) is 0 Å². The highest BCUT2D eigenvalue weighted by Crippen LogP contribution is 2.21. The SMILES string of the molecule is C[C@@H](N)c1cc(F)c2[nH]ccc2c1. The van der Waals surface area contributed by atoms with Gasteiger partial charge in [-0.1, -0.05) is 0 Å². The van der Waals surface area contributed by atoms with E-state index in [-0.39, 0.29) is 11.9 Å². The van der Waals surface area contributed by atoms with Crippen LogP contribution < -0.4 is 5.73 Å². The molecule has 0 aliphatic carbocycles. The van der Waals surface area contributed by atoms with E-state index in [1.54, 1.807) is 6.20 Å². The van der Waals surface area contributed by atoms with Crippen LogP contribution in [0.3, 0.4) is 0 Å². The predicted octanol–water partition coefficient (Wildman–Crippen LogP) is 2.33. The van der Waals surface area contributed by atoms with E-state index in [0.29, 0.717) is 5.52 Å². The van der Waals surface area contributed by atoms with E-state index >= 15 is 0 Å². The molecule has 0 aliphatic rings. The van der Waals surface area contributed by atoms with Gasteiger partial charge in [-0.05, 0) is 30.7 Å². The van der Waals surface area contributed by atoms with Crippen molar-refractivity contribution in [3.63, 3.8) is 0 Å². The topological polar surface area (TPSA) is 41.8 Å². The number of aromatic amines is 1. The number of fused-ring (bicyclic) bond motifs is 1. The molecule has 1 atom stereocenters. The number of hydrogen-bond acceptors (Lipinski definition) is 1. The highest BCUT2D eigenvalue weighted by Gasteiger charge is 2.06. The Morgan fingerprint density at radius 2 is 2.23 bits per heavy atom. The molecule has 68 valence electrons. The van der Waals surface area contributed by atoms with Crippen LogP contribution in [-0.4, -0.2) is 4.98 Å². The molecule has 2 rings (SSSR count). The molecule has 0 spiro atoms. The standard InChI is InChI=1S/C10H11FN2/c1-6(12)8-4-7-2-3-13-10(7)9(11)5-8/h2-6,13H,12H2,1H3/t6-/m1/s1. The maximum absolute atomic E-state index is 13.4. The molecule has 2 aromatic rings. The predicted molar refractivity (Wildman–Crippen MR) is 50.9 cm³/mol. The Kier molecular flexibility index (Phi) is 1.81. The van der Waals surface area contributed by atoms with Crippen molar-refractivity contribution in [2.45, 2.75) is 13.0 Å². The van der Waals surface area contributed by atoms with Gasteiger partial charge in [0.2, 0.25) is 0 Å². The van der Waals surface area contributed by atoms with Gasteiger partial charge >= 0.3 is 0 Å². The third-order valence-electron chi connectivity index (χ3n) is 2.16. The van der Waals surface area contributed by atoms with Crippen LogP contribution >= 0.6 is 0 Å². The van der Waals surface area contributed by atoms with Crippen molar-refractivity contribution in [1.82, 2.24) is 4.98 Å². The van der Waals surface area contributed by atoms with Gasteiger partial charge in [0.15, 0.2) is 0 Å². The number of aromatic nitrogens is 1. The fourth-order valence-electron chi connectivity index (χ4n) is 1.41. The highest BCUT2D eigenvalue weighted by molar-refractivity contribution is 5.80. The first-order valence-electron chi connectivity index (χ1n) is 4.20. The Morgan fingerprint density at radius 3 is 2.92 bits per heavy atom. The van der Waals surface area contributed by atoms with Crippen molar-refractivity contribution in [3.05, 3.63) is 35.8 Å². The van der Waals surface area contributed by atoms with Crippen LogP contribution in [-0.2, 0) is 0 Å². The van der Waals surface area contributed by atoms with Gasteiger partial charge in [-0.2, -0.15) is 0 Å². The Balaban J connectivity index is 2.70. The van der Waals surface area contributed by atoms with E-state index in [1.807, 2.05) is 19.1 Å². The maximum atomic E-state index is 13.4. The molecule has 1 aromatic carbocycles. The zero-order valence-electron chi connectivity index (χ0n) is 7.34. The first-order chi connectivity index (χ1) is 6.18. The minimum atomic E-state index is -0.241. The van der Waals surface area contributed by atoms with Crippen molar-refractivity contribution < 1.29 is 4.39 Å². The summed E-state index contributed by atoms with van der Waals surface area (Å²) in [5, 5.41) is 0.868. The van der Waals surface area contributed by atoms with Crippen LogP contribution in [0, 0.1) is 5.82 Å². The average molecular weight is 178 g/mol. The van der Waals surface area contributed by atoms with Crippen molar-refractivity contribution in [2.24, 2.45) is 5.73 Å². The molecular formula is C10H11FN2. The number of benzene rings is 1. The third kappa shape index (κ3) is 1.31. The van der Waals surface area contributed by atoms with Crippen LogP contribution in [0.1, 0.15) is 18.5 Å². The molecule has 1 aromatic heterocycles. The van der Waals surface area contributed by atoms with E-state index in [0.717, 1.165) is 10.9 Å².